The first kappa shape index (κ1) is 17.4. The van der Waals surface area contributed by atoms with E-state index in [4.69, 9.17) is 0 Å². The molecule has 2 aromatic rings. The summed E-state index contributed by atoms with van der Waals surface area (Å²) >= 11 is 0. The van der Waals surface area contributed by atoms with E-state index in [1.165, 1.54) is 0 Å². The molecule has 0 radical (unpaired) electrons. The van der Waals surface area contributed by atoms with Gasteiger partial charge >= 0.3 is 0 Å². The van der Waals surface area contributed by atoms with Crippen molar-refractivity contribution >= 4 is 16.7 Å². The lowest BCUT2D eigenvalue weighted by Gasteiger charge is -2.26. The maximum absolute atomic E-state index is 12.2. The Balaban J connectivity index is 2.00. The third-order valence-electron chi connectivity index (χ3n) is 4.13. The molecule has 0 aliphatic rings. The zero-order valence-corrected chi connectivity index (χ0v) is 14.0. The molecule has 0 saturated heterocycles. The minimum Gasteiger partial charge on any atom is -0.389 e. The van der Waals surface area contributed by atoms with Crippen LogP contribution in [0.15, 0.2) is 36.5 Å². The van der Waals surface area contributed by atoms with Gasteiger partial charge in [0.25, 0.3) is 0 Å². The van der Waals surface area contributed by atoms with Crippen molar-refractivity contribution in [2.24, 2.45) is 0 Å². The molecule has 0 bridgehead atoms. The van der Waals surface area contributed by atoms with Crippen LogP contribution in [0.5, 0.6) is 0 Å². The molecule has 0 aliphatic heterocycles. The van der Waals surface area contributed by atoms with Crippen molar-refractivity contribution in [3.8, 4) is 0 Å². The van der Waals surface area contributed by atoms with Gasteiger partial charge in [0.05, 0.1) is 24.3 Å². The number of carbonyl (C=O) groups is 1. The van der Waals surface area contributed by atoms with Crippen molar-refractivity contribution in [3.05, 3.63) is 42.2 Å². The van der Waals surface area contributed by atoms with E-state index in [2.05, 4.69) is 10.3 Å². The number of rotatable bonds is 8. The van der Waals surface area contributed by atoms with Crippen molar-refractivity contribution in [3.63, 3.8) is 0 Å². The van der Waals surface area contributed by atoms with Crippen LogP contribution in [-0.2, 0) is 11.3 Å². The summed E-state index contributed by atoms with van der Waals surface area (Å²) in [6, 6.07) is 9.96. The summed E-state index contributed by atoms with van der Waals surface area (Å²) in [7, 11) is 0. The largest absolute Gasteiger partial charge is 0.389 e. The highest BCUT2D eigenvalue weighted by Crippen LogP contribution is 2.23. The quantitative estimate of drug-likeness (QED) is 0.783. The summed E-state index contributed by atoms with van der Waals surface area (Å²) in [5.41, 5.74) is -0.0364. The fraction of sp³-hybridized carbons (Fsp3) is 0.474. The minimum atomic E-state index is -0.889. The van der Waals surface area contributed by atoms with Crippen molar-refractivity contribution in [1.29, 1.82) is 0 Å². The van der Waals surface area contributed by atoms with Gasteiger partial charge in [-0.15, -0.1) is 0 Å². The van der Waals surface area contributed by atoms with Gasteiger partial charge in [0.1, 0.15) is 0 Å². The van der Waals surface area contributed by atoms with Gasteiger partial charge in [-0.25, -0.2) is 0 Å². The Labute approximate surface area is 137 Å². The predicted molar refractivity (Wildman–Crippen MR) is 93.0 cm³/mol. The molecule has 2 N–H and O–H groups in total. The third kappa shape index (κ3) is 4.76. The molecule has 23 heavy (non-hydrogen) atoms. The van der Waals surface area contributed by atoms with Crippen molar-refractivity contribution in [2.45, 2.75) is 58.1 Å². The van der Waals surface area contributed by atoms with Crippen LogP contribution in [0.25, 0.3) is 10.8 Å². The lowest BCUT2D eigenvalue weighted by atomic mass is 9.89. The molecule has 2 rings (SSSR count). The second-order valence-corrected chi connectivity index (χ2v) is 6.16. The van der Waals surface area contributed by atoms with E-state index >= 15 is 0 Å². The van der Waals surface area contributed by atoms with E-state index in [0.717, 1.165) is 29.3 Å². The zero-order chi connectivity index (χ0) is 16.7. The topological polar surface area (TPSA) is 62.2 Å². The smallest absolute Gasteiger partial charge is 0.223 e. The van der Waals surface area contributed by atoms with Crippen LogP contribution in [-0.4, -0.2) is 21.6 Å². The molecule has 0 aliphatic carbocycles. The third-order valence-corrected chi connectivity index (χ3v) is 4.13. The number of carbonyl (C=O) groups excluding carboxylic acids is 1. The number of nitrogens with one attached hydrogen (secondary N) is 1. The highest BCUT2D eigenvalue weighted by atomic mass is 16.3. The average molecular weight is 314 g/mol. The van der Waals surface area contributed by atoms with Gasteiger partial charge in [0, 0.05) is 11.6 Å². The average Bonchev–Trinajstić information content (AvgIpc) is 2.53. The number of pyridine rings is 1. The molecular formula is C19H26N2O2. The molecular weight excluding hydrogens is 288 g/mol. The molecule has 4 heteroatoms. The molecule has 0 saturated carbocycles. The molecule has 1 aromatic carbocycles. The lowest BCUT2D eigenvalue weighted by Crippen LogP contribution is -2.36. The van der Waals surface area contributed by atoms with Crippen molar-refractivity contribution < 1.29 is 9.90 Å². The van der Waals surface area contributed by atoms with Gasteiger partial charge in [-0.3, -0.25) is 9.78 Å². The number of aliphatic hydroxyl groups is 1. The number of benzene rings is 1. The first-order valence-electron chi connectivity index (χ1n) is 8.39. The van der Waals surface area contributed by atoms with Crippen LogP contribution in [0.4, 0.5) is 0 Å². The molecule has 0 fully saturated rings. The highest BCUT2D eigenvalue weighted by Gasteiger charge is 2.28. The van der Waals surface area contributed by atoms with Crippen molar-refractivity contribution in [2.75, 3.05) is 0 Å². The number of hydrogen-bond donors (Lipinski definition) is 2. The van der Waals surface area contributed by atoms with E-state index in [1.807, 2.05) is 44.2 Å². The first-order chi connectivity index (χ1) is 11.1. The SMILES string of the molecule is CCCC(O)(CCC)CC(=O)NCc1nccc2ccccc12. The molecule has 4 nitrogen and oxygen atoms in total. The van der Waals surface area contributed by atoms with E-state index in [0.29, 0.717) is 19.4 Å². The van der Waals surface area contributed by atoms with Crippen LogP contribution in [0.2, 0.25) is 0 Å². The van der Waals surface area contributed by atoms with E-state index in [1.54, 1.807) is 6.20 Å². The van der Waals surface area contributed by atoms with Crippen LogP contribution in [0.1, 0.15) is 51.6 Å². The van der Waals surface area contributed by atoms with Crippen LogP contribution < -0.4 is 5.32 Å². The fourth-order valence-corrected chi connectivity index (χ4v) is 3.10. The van der Waals surface area contributed by atoms with Crippen molar-refractivity contribution in [1.82, 2.24) is 10.3 Å². The summed E-state index contributed by atoms with van der Waals surface area (Å²) in [5.74, 6) is -0.121. The van der Waals surface area contributed by atoms with E-state index < -0.39 is 5.60 Å². The van der Waals surface area contributed by atoms with Gasteiger partial charge in [0.15, 0.2) is 0 Å². The molecule has 0 unspecified atom stereocenters. The molecule has 1 heterocycles. The number of aromatic nitrogens is 1. The molecule has 0 atom stereocenters. The Morgan fingerprint density at radius 3 is 2.57 bits per heavy atom. The van der Waals surface area contributed by atoms with Crippen LogP contribution >= 0.6 is 0 Å². The van der Waals surface area contributed by atoms with Crippen LogP contribution in [0.3, 0.4) is 0 Å². The Kier molecular flexibility index (Phi) is 6.11. The van der Waals surface area contributed by atoms with Crippen LogP contribution in [0, 0.1) is 0 Å². The summed E-state index contributed by atoms with van der Waals surface area (Å²) in [6.45, 7) is 4.44. The maximum atomic E-state index is 12.2. The Morgan fingerprint density at radius 1 is 1.17 bits per heavy atom. The summed E-state index contributed by atoms with van der Waals surface area (Å²) < 4.78 is 0. The Hall–Kier alpha value is -1.94. The molecule has 0 spiro atoms. The second kappa shape index (κ2) is 8.06. The van der Waals surface area contributed by atoms with Gasteiger partial charge in [-0.05, 0) is 24.3 Å². The first-order valence-corrected chi connectivity index (χ1v) is 8.39. The summed E-state index contributed by atoms with van der Waals surface area (Å²) in [6.07, 6.45) is 4.96. The maximum Gasteiger partial charge on any atom is 0.223 e. The zero-order valence-electron chi connectivity index (χ0n) is 14.0. The number of amides is 1. The minimum absolute atomic E-state index is 0.121. The fourth-order valence-electron chi connectivity index (χ4n) is 3.10. The molecule has 124 valence electrons. The molecule has 1 aromatic heterocycles. The van der Waals surface area contributed by atoms with E-state index in [9.17, 15) is 9.90 Å². The predicted octanol–water partition coefficient (Wildman–Crippen LogP) is 3.57. The Bertz CT molecular complexity index is 643. The van der Waals surface area contributed by atoms with E-state index in [-0.39, 0.29) is 12.3 Å². The normalized spacial score (nSPS) is 11.6. The number of nitrogens with zero attached hydrogens (tertiary/aromatic N) is 1. The second-order valence-electron chi connectivity index (χ2n) is 6.16. The monoisotopic (exact) mass is 314 g/mol. The summed E-state index contributed by atoms with van der Waals surface area (Å²) in [5, 5.41) is 15.6. The van der Waals surface area contributed by atoms with Gasteiger partial charge in [-0.1, -0.05) is 51.0 Å². The van der Waals surface area contributed by atoms with Gasteiger partial charge < -0.3 is 10.4 Å². The number of hydrogen-bond acceptors (Lipinski definition) is 3. The van der Waals surface area contributed by atoms with Gasteiger partial charge in [-0.2, -0.15) is 0 Å². The van der Waals surface area contributed by atoms with Gasteiger partial charge in [0.2, 0.25) is 5.91 Å². The standard InChI is InChI=1S/C19H26N2O2/c1-3-10-19(23,11-4-2)13-18(22)21-14-17-16-8-6-5-7-15(16)9-12-20-17/h5-9,12,23H,3-4,10-11,13-14H2,1-2H3,(H,21,22). The summed E-state index contributed by atoms with van der Waals surface area (Å²) in [4.78, 5) is 16.6. The number of fused-ring (bicyclic) bond motifs is 1. The highest BCUT2D eigenvalue weighted by molar-refractivity contribution is 5.85. The molecule has 1 amide bonds. The Morgan fingerprint density at radius 2 is 1.87 bits per heavy atom. The lowest BCUT2D eigenvalue weighted by molar-refractivity contribution is -0.126.